The van der Waals surface area contributed by atoms with Gasteiger partial charge in [0.25, 0.3) is 0 Å². The standard InChI is InChI=1S/C10H18O3/c1-8(10(11)12)2-3-9-4-6-13-7-5-9/h8-9H,2-7H2,1H3,(H,11,12). The molecule has 1 saturated heterocycles. The number of hydrogen-bond acceptors (Lipinski definition) is 2. The van der Waals surface area contributed by atoms with Crippen molar-refractivity contribution >= 4 is 5.97 Å². The molecule has 0 amide bonds. The van der Waals surface area contributed by atoms with Crippen molar-refractivity contribution in [3.63, 3.8) is 0 Å². The lowest BCUT2D eigenvalue weighted by atomic mass is 9.91. The first-order valence-electron chi connectivity index (χ1n) is 5.00. The van der Waals surface area contributed by atoms with Crippen LogP contribution in [0, 0.1) is 11.8 Å². The molecule has 0 aromatic carbocycles. The Labute approximate surface area is 79.1 Å². The average Bonchev–Trinajstić information content (AvgIpc) is 2.15. The zero-order valence-electron chi connectivity index (χ0n) is 8.16. The van der Waals surface area contributed by atoms with Crippen molar-refractivity contribution in [3.8, 4) is 0 Å². The molecule has 0 aromatic heterocycles. The van der Waals surface area contributed by atoms with Crippen LogP contribution in [0.15, 0.2) is 0 Å². The molecule has 0 saturated carbocycles. The van der Waals surface area contributed by atoms with Gasteiger partial charge in [0, 0.05) is 13.2 Å². The molecular weight excluding hydrogens is 168 g/mol. The van der Waals surface area contributed by atoms with E-state index >= 15 is 0 Å². The molecule has 76 valence electrons. The Hall–Kier alpha value is -0.570. The molecule has 0 radical (unpaired) electrons. The average molecular weight is 186 g/mol. The summed E-state index contributed by atoms with van der Waals surface area (Å²) < 4.78 is 5.24. The van der Waals surface area contributed by atoms with Gasteiger partial charge in [-0.2, -0.15) is 0 Å². The third-order valence-electron chi connectivity index (χ3n) is 2.77. The fourth-order valence-corrected chi connectivity index (χ4v) is 1.64. The van der Waals surface area contributed by atoms with E-state index in [0.717, 1.165) is 38.9 Å². The lowest BCUT2D eigenvalue weighted by Gasteiger charge is -2.22. The predicted octanol–water partition coefficient (Wildman–Crippen LogP) is 1.91. The number of carboxylic acids is 1. The normalized spacial score (nSPS) is 21.3. The highest BCUT2D eigenvalue weighted by Gasteiger charge is 2.17. The molecule has 13 heavy (non-hydrogen) atoms. The lowest BCUT2D eigenvalue weighted by molar-refractivity contribution is -0.141. The molecule has 0 aromatic rings. The van der Waals surface area contributed by atoms with Gasteiger partial charge >= 0.3 is 5.97 Å². The van der Waals surface area contributed by atoms with Gasteiger partial charge in [0.1, 0.15) is 0 Å². The molecule has 0 aliphatic carbocycles. The van der Waals surface area contributed by atoms with Gasteiger partial charge in [-0.1, -0.05) is 6.92 Å². The molecule has 1 aliphatic rings. The van der Waals surface area contributed by atoms with E-state index in [1.165, 1.54) is 0 Å². The van der Waals surface area contributed by atoms with E-state index in [2.05, 4.69) is 0 Å². The maximum absolute atomic E-state index is 10.5. The number of carbonyl (C=O) groups is 1. The summed E-state index contributed by atoms with van der Waals surface area (Å²) in [6.07, 6.45) is 4.05. The van der Waals surface area contributed by atoms with Crippen molar-refractivity contribution in [2.45, 2.75) is 32.6 Å². The second-order valence-electron chi connectivity index (χ2n) is 3.87. The van der Waals surface area contributed by atoms with Crippen LogP contribution in [0.3, 0.4) is 0 Å². The summed E-state index contributed by atoms with van der Waals surface area (Å²) >= 11 is 0. The number of hydrogen-bond donors (Lipinski definition) is 1. The maximum Gasteiger partial charge on any atom is 0.306 e. The van der Waals surface area contributed by atoms with Gasteiger partial charge in [-0.05, 0) is 31.6 Å². The van der Waals surface area contributed by atoms with E-state index in [9.17, 15) is 4.79 Å². The zero-order chi connectivity index (χ0) is 9.68. The SMILES string of the molecule is CC(CCC1CCOCC1)C(=O)O. The van der Waals surface area contributed by atoms with E-state index in [-0.39, 0.29) is 5.92 Å². The Bertz CT molecular complexity index is 162. The summed E-state index contributed by atoms with van der Waals surface area (Å²) in [5, 5.41) is 8.69. The fraction of sp³-hybridized carbons (Fsp3) is 0.900. The van der Waals surface area contributed by atoms with Gasteiger partial charge in [-0.25, -0.2) is 0 Å². The van der Waals surface area contributed by atoms with Crippen LogP contribution in [0.5, 0.6) is 0 Å². The fourth-order valence-electron chi connectivity index (χ4n) is 1.64. The third kappa shape index (κ3) is 3.77. The van der Waals surface area contributed by atoms with Crippen molar-refractivity contribution in [2.24, 2.45) is 11.8 Å². The number of ether oxygens (including phenoxy) is 1. The minimum absolute atomic E-state index is 0.192. The van der Waals surface area contributed by atoms with E-state index in [4.69, 9.17) is 9.84 Å². The third-order valence-corrected chi connectivity index (χ3v) is 2.77. The summed E-state index contributed by atoms with van der Waals surface area (Å²) in [5.41, 5.74) is 0. The van der Waals surface area contributed by atoms with Crippen molar-refractivity contribution in [1.29, 1.82) is 0 Å². The van der Waals surface area contributed by atoms with Crippen molar-refractivity contribution in [2.75, 3.05) is 13.2 Å². The first-order valence-corrected chi connectivity index (χ1v) is 5.00. The first kappa shape index (κ1) is 10.5. The molecule has 0 bridgehead atoms. The summed E-state index contributed by atoms with van der Waals surface area (Å²) in [5.74, 6) is -0.176. The molecule has 1 atom stereocenters. The zero-order valence-corrected chi connectivity index (χ0v) is 8.16. The van der Waals surface area contributed by atoms with Crippen LogP contribution < -0.4 is 0 Å². The molecule has 3 heteroatoms. The van der Waals surface area contributed by atoms with Crippen LogP contribution in [0.1, 0.15) is 32.6 Å². The summed E-state index contributed by atoms with van der Waals surface area (Å²) in [6.45, 7) is 3.49. The number of carboxylic acid groups (broad SMARTS) is 1. The summed E-state index contributed by atoms with van der Waals surface area (Å²) in [6, 6.07) is 0. The van der Waals surface area contributed by atoms with E-state index in [1.54, 1.807) is 6.92 Å². The Morgan fingerprint density at radius 2 is 2.15 bits per heavy atom. The van der Waals surface area contributed by atoms with Crippen LogP contribution in [0.25, 0.3) is 0 Å². The van der Waals surface area contributed by atoms with Gasteiger partial charge in [-0.15, -0.1) is 0 Å². The molecule has 3 nitrogen and oxygen atoms in total. The maximum atomic E-state index is 10.5. The monoisotopic (exact) mass is 186 g/mol. The van der Waals surface area contributed by atoms with Crippen molar-refractivity contribution < 1.29 is 14.6 Å². The molecule has 0 spiro atoms. The van der Waals surface area contributed by atoms with Gasteiger partial charge in [-0.3, -0.25) is 4.79 Å². The minimum atomic E-state index is -0.674. The van der Waals surface area contributed by atoms with Crippen molar-refractivity contribution in [1.82, 2.24) is 0 Å². The Morgan fingerprint density at radius 3 is 2.69 bits per heavy atom. The van der Waals surface area contributed by atoms with Crippen LogP contribution in [-0.4, -0.2) is 24.3 Å². The smallest absolute Gasteiger partial charge is 0.306 e. The van der Waals surface area contributed by atoms with Gasteiger partial charge < -0.3 is 9.84 Å². The molecule has 1 fully saturated rings. The van der Waals surface area contributed by atoms with E-state index < -0.39 is 5.97 Å². The Morgan fingerprint density at radius 1 is 1.54 bits per heavy atom. The van der Waals surface area contributed by atoms with Gasteiger partial charge in [0.15, 0.2) is 0 Å². The first-order chi connectivity index (χ1) is 6.20. The minimum Gasteiger partial charge on any atom is -0.481 e. The number of rotatable bonds is 4. The number of aliphatic carboxylic acids is 1. The summed E-state index contributed by atoms with van der Waals surface area (Å²) in [4.78, 5) is 10.5. The lowest BCUT2D eigenvalue weighted by Crippen LogP contribution is -2.18. The highest BCUT2D eigenvalue weighted by atomic mass is 16.5. The highest BCUT2D eigenvalue weighted by Crippen LogP contribution is 2.22. The van der Waals surface area contributed by atoms with Crippen LogP contribution >= 0.6 is 0 Å². The molecule has 1 N–H and O–H groups in total. The Kier molecular flexibility index (Phi) is 4.22. The van der Waals surface area contributed by atoms with Crippen molar-refractivity contribution in [3.05, 3.63) is 0 Å². The van der Waals surface area contributed by atoms with Gasteiger partial charge in [0.2, 0.25) is 0 Å². The van der Waals surface area contributed by atoms with Crippen LogP contribution in [0.2, 0.25) is 0 Å². The molecule has 1 rings (SSSR count). The van der Waals surface area contributed by atoms with Crippen LogP contribution in [0.4, 0.5) is 0 Å². The topological polar surface area (TPSA) is 46.5 Å². The molecular formula is C10H18O3. The second kappa shape index (κ2) is 5.22. The Balaban J connectivity index is 2.13. The van der Waals surface area contributed by atoms with E-state index in [1.807, 2.05) is 0 Å². The van der Waals surface area contributed by atoms with Gasteiger partial charge in [0.05, 0.1) is 5.92 Å². The molecule has 1 aliphatic heterocycles. The largest absolute Gasteiger partial charge is 0.481 e. The predicted molar refractivity (Wildman–Crippen MR) is 49.6 cm³/mol. The van der Waals surface area contributed by atoms with E-state index in [0.29, 0.717) is 5.92 Å². The molecule has 1 heterocycles. The molecule has 1 unspecified atom stereocenters. The quantitative estimate of drug-likeness (QED) is 0.729. The highest BCUT2D eigenvalue weighted by molar-refractivity contribution is 5.69. The second-order valence-corrected chi connectivity index (χ2v) is 3.87. The summed E-state index contributed by atoms with van der Waals surface area (Å²) in [7, 11) is 0. The van der Waals surface area contributed by atoms with Crippen LogP contribution in [-0.2, 0) is 9.53 Å².